The lowest BCUT2D eigenvalue weighted by Crippen LogP contribution is -2.49. The Bertz CT molecular complexity index is 374. The van der Waals surface area contributed by atoms with Crippen LogP contribution in [0, 0.1) is 0 Å². The Balaban J connectivity index is 1.88. The first-order valence-corrected chi connectivity index (χ1v) is 7.40. The molecule has 106 valence electrons. The molecule has 1 saturated heterocycles. The molecule has 0 saturated carbocycles. The van der Waals surface area contributed by atoms with Crippen molar-refractivity contribution in [2.24, 2.45) is 0 Å². The van der Waals surface area contributed by atoms with E-state index in [1.807, 2.05) is 0 Å². The van der Waals surface area contributed by atoms with Gasteiger partial charge in [-0.3, -0.25) is 4.90 Å². The van der Waals surface area contributed by atoms with E-state index in [1.165, 1.54) is 30.8 Å². The van der Waals surface area contributed by atoms with Crippen molar-refractivity contribution in [1.29, 1.82) is 0 Å². The van der Waals surface area contributed by atoms with Gasteiger partial charge < -0.3 is 10.2 Å². The van der Waals surface area contributed by atoms with Gasteiger partial charge in [-0.2, -0.15) is 0 Å². The molecule has 1 atom stereocenters. The number of benzene rings is 1. The highest BCUT2D eigenvalue weighted by Crippen LogP contribution is 2.13. The summed E-state index contributed by atoms with van der Waals surface area (Å²) in [5.74, 6) is 0. The van der Waals surface area contributed by atoms with E-state index < -0.39 is 0 Å². The molecule has 0 radical (unpaired) electrons. The molecule has 1 aliphatic rings. The molecule has 1 fully saturated rings. The summed E-state index contributed by atoms with van der Waals surface area (Å²) in [5.41, 5.74) is 2.80. The van der Waals surface area contributed by atoms with Gasteiger partial charge in [-0.25, -0.2) is 0 Å². The van der Waals surface area contributed by atoms with Gasteiger partial charge in [-0.15, -0.1) is 0 Å². The zero-order valence-corrected chi connectivity index (χ0v) is 12.5. The van der Waals surface area contributed by atoms with Crippen LogP contribution in [0.4, 0.5) is 0 Å². The van der Waals surface area contributed by atoms with E-state index in [2.05, 4.69) is 60.3 Å². The fraction of sp³-hybridized carbons (Fsp3) is 0.625. The van der Waals surface area contributed by atoms with Gasteiger partial charge in [0.25, 0.3) is 0 Å². The van der Waals surface area contributed by atoms with Crippen LogP contribution in [0.25, 0.3) is 0 Å². The Morgan fingerprint density at radius 1 is 1.16 bits per heavy atom. The highest BCUT2D eigenvalue weighted by Gasteiger charge is 2.21. The predicted octanol–water partition coefficient (Wildman–Crippen LogP) is 1.93. The molecule has 1 unspecified atom stereocenters. The maximum absolute atomic E-state index is 3.36. The summed E-state index contributed by atoms with van der Waals surface area (Å²) < 4.78 is 0. The van der Waals surface area contributed by atoms with Crippen molar-refractivity contribution in [2.45, 2.75) is 33.0 Å². The molecule has 1 heterocycles. The van der Waals surface area contributed by atoms with Crippen molar-refractivity contribution in [1.82, 2.24) is 15.1 Å². The van der Waals surface area contributed by atoms with Crippen molar-refractivity contribution in [3.8, 4) is 0 Å². The zero-order chi connectivity index (χ0) is 13.7. The molecule has 0 aromatic heterocycles. The number of likely N-dealkylation sites (N-methyl/N-ethyl adjacent to an activating group) is 1. The molecule has 0 amide bonds. The minimum absolute atomic E-state index is 0.653. The summed E-state index contributed by atoms with van der Waals surface area (Å²) >= 11 is 0. The number of nitrogens with zero attached hydrogens (tertiary/aromatic N) is 2. The van der Waals surface area contributed by atoms with Gasteiger partial charge in [-0.1, -0.05) is 31.2 Å². The lowest BCUT2D eigenvalue weighted by molar-refractivity contribution is 0.0938. The summed E-state index contributed by atoms with van der Waals surface area (Å²) in [6, 6.07) is 9.70. The average Bonchev–Trinajstić information content (AvgIpc) is 2.41. The number of hydrogen-bond donors (Lipinski definition) is 1. The van der Waals surface area contributed by atoms with Crippen molar-refractivity contribution in [3.63, 3.8) is 0 Å². The molecule has 3 heteroatoms. The molecule has 3 nitrogen and oxygen atoms in total. The van der Waals surface area contributed by atoms with Crippen LogP contribution in [0.2, 0.25) is 0 Å². The summed E-state index contributed by atoms with van der Waals surface area (Å²) in [5, 5.41) is 3.36. The van der Waals surface area contributed by atoms with Gasteiger partial charge in [0.05, 0.1) is 0 Å². The van der Waals surface area contributed by atoms with Crippen LogP contribution in [0.15, 0.2) is 24.3 Å². The van der Waals surface area contributed by atoms with Crippen molar-refractivity contribution < 1.29 is 0 Å². The highest BCUT2D eigenvalue weighted by molar-refractivity contribution is 5.22. The number of nitrogens with one attached hydrogen (secondary N) is 1. The maximum Gasteiger partial charge on any atom is 0.0237 e. The largest absolute Gasteiger partial charge is 0.313 e. The second-order valence-corrected chi connectivity index (χ2v) is 5.68. The molecule has 0 spiro atoms. The topological polar surface area (TPSA) is 18.5 Å². The van der Waals surface area contributed by atoms with Gasteiger partial charge in [0.2, 0.25) is 0 Å². The van der Waals surface area contributed by atoms with E-state index in [0.717, 1.165) is 19.6 Å². The Kier molecular flexibility index (Phi) is 5.37. The van der Waals surface area contributed by atoms with Crippen molar-refractivity contribution in [3.05, 3.63) is 35.4 Å². The van der Waals surface area contributed by atoms with E-state index in [1.54, 1.807) is 0 Å². The van der Waals surface area contributed by atoms with E-state index in [9.17, 15) is 0 Å². The van der Waals surface area contributed by atoms with Crippen LogP contribution in [0.3, 0.4) is 0 Å². The summed E-state index contributed by atoms with van der Waals surface area (Å²) in [7, 11) is 2.21. The molecule has 0 aliphatic carbocycles. The maximum atomic E-state index is 3.36. The van der Waals surface area contributed by atoms with Crippen LogP contribution in [-0.4, -0.2) is 49.1 Å². The summed E-state index contributed by atoms with van der Waals surface area (Å²) in [4.78, 5) is 5.00. The number of hydrogen-bond acceptors (Lipinski definition) is 3. The van der Waals surface area contributed by atoms with Gasteiger partial charge in [0.1, 0.15) is 0 Å². The fourth-order valence-corrected chi connectivity index (χ4v) is 2.68. The molecule has 19 heavy (non-hydrogen) atoms. The van der Waals surface area contributed by atoms with Crippen LogP contribution >= 0.6 is 0 Å². The fourth-order valence-electron chi connectivity index (χ4n) is 2.68. The predicted molar refractivity (Wildman–Crippen MR) is 81.2 cm³/mol. The van der Waals surface area contributed by atoms with E-state index in [4.69, 9.17) is 0 Å². The first kappa shape index (κ1) is 14.5. The minimum Gasteiger partial charge on any atom is -0.313 e. The quantitative estimate of drug-likeness (QED) is 0.874. The standard InChI is InChI=1S/C16H27N3/c1-4-17-11-15-5-7-16(8-6-15)13-19-10-9-18(3)12-14(19)2/h5-8,14,17H,4,9-13H2,1-3H3. The third-order valence-electron chi connectivity index (χ3n) is 3.96. The van der Waals surface area contributed by atoms with E-state index in [-0.39, 0.29) is 0 Å². The first-order chi connectivity index (χ1) is 9.19. The number of piperazine rings is 1. The lowest BCUT2D eigenvalue weighted by atomic mass is 10.1. The summed E-state index contributed by atoms with van der Waals surface area (Å²) in [6.45, 7) is 11.1. The smallest absolute Gasteiger partial charge is 0.0237 e. The second kappa shape index (κ2) is 7.04. The minimum atomic E-state index is 0.653. The van der Waals surface area contributed by atoms with Crippen LogP contribution in [-0.2, 0) is 13.1 Å². The van der Waals surface area contributed by atoms with Crippen LogP contribution in [0.1, 0.15) is 25.0 Å². The zero-order valence-electron chi connectivity index (χ0n) is 12.5. The van der Waals surface area contributed by atoms with E-state index >= 15 is 0 Å². The molecule has 1 N–H and O–H groups in total. The SMILES string of the molecule is CCNCc1ccc(CN2CCN(C)CC2C)cc1. The normalized spacial score (nSPS) is 21.7. The van der Waals surface area contributed by atoms with Crippen LogP contribution in [0.5, 0.6) is 0 Å². The van der Waals surface area contributed by atoms with Gasteiger partial charge >= 0.3 is 0 Å². The number of rotatable bonds is 5. The third-order valence-corrected chi connectivity index (χ3v) is 3.96. The van der Waals surface area contributed by atoms with E-state index in [0.29, 0.717) is 6.04 Å². The molecule has 0 bridgehead atoms. The molecular formula is C16H27N3. The Hall–Kier alpha value is -0.900. The van der Waals surface area contributed by atoms with Crippen LogP contribution < -0.4 is 5.32 Å². The average molecular weight is 261 g/mol. The summed E-state index contributed by atoms with van der Waals surface area (Å²) in [6.07, 6.45) is 0. The first-order valence-electron chi connectivity index (χ1n) is 7.40. The molecule has 1 aromatic carbocycles. The van der Waals surface area contributed by atoms with Gasteiger partial charge in [0.15, 0.2) is 0 Å². The Labute approximate surface area is 117 Å². The lowest BCUT2D eigenvalue weighted by Gasteiger charge is -2.38. The Morgan fingerprint density at radius 2 is 1.84 bits per heavy atom. The van der Waals surface area contributed by atoms with Gasteiger partial charge in [-0.05, 0) is 31.6 Å². The third kappa shape index (κ3) is 4.30. The molecule has 1 aliphatic heterocycles. The molecule has 1 aromatic rings. The highest BCUT2D eigenvalue weighted by atomic mass is 15.3. The molecular weight excluding hydrogens is 234 g/mol. The second-order valence-electron chi connectivity index (χ2n) is 5.68. The van der Waals surface area contributed by atoms with Gasteiger partial charge in [0, 0.05) is 38.8 Å². The monoisotopic (exact) mass is 261 g/mol. The molecule has 2 rings (SSSR count). The van der Waals surface area contributed by atoms with Crippen molar-refractivity contribution >= 4 is 0 Å². The van der Waals surface area contributed by atoms with Crippen molar-refractivity contribution in [2.75, 3.05) is 33.2 Å². The Morgan fingerprint density at radius 3 is 2.47 bits per heavy atom.